The maximum atomic E-state index is 5.65. The molecule has 19 heavy (non-hydrogen) atoms. The summed E-state index contributed by atoms with van der Waals surface area (Å²) in [6.07, 6.45) is 7.31. The molecule has 4 nitrogen and oxygen atoms in total. The molecule has 2 N–H and O–H groups in total. The van der Waals surface area contributed by atoms with Crippen LogP contribution in [-0.4, -0.2) is 32.3 Å². The van der Waals surface area contributed by atoms with Gasteiger partial charge in [-0.2, -0.15) is 5.10 Å². The van der Waals surface area contributed by atoms with Gasteiger partial charge in [0.05, 0.1) is 16.7 Å². The second-order valence-corrected chi connectivity index (χ2v) is 6.21. The summed E-state index contributed by atoms with van der Waals surface area (Å²) in [4.78, 5) is 2.80. The summed E-state index contributed by atoms with van der Waals surface area (Å²) in [5, 5.41) is 4.71. The Morgan fingerprint density at radius 2 is 2.21 bits per heavy atom. The first-order valence-electron chi connectivity index (χ1n) is 7.12. The molecule has 106 valence electrons. The van der Waals surface area contributed by atoms with E-state index in [0.717, 1.165) is 12.2 Å². The van der Waals surface area contributed by atoms with Gasteiger partial charge in [-0.15, -0.1) is 0 Å². The van der Waals surface area contributed by atoms with Crippen LogP contribution in [0, 0.1) is 0 Å². The first-order chi connectivity index (χ1) is 9.06. The first kappa shape index (κ1) is 14.5. The van der Waals surface area contributed by atoms with E-state index >= 15 is 0 Å². The molecule has 5 heteroatoms. The highest BCUT2D eigenvalue weighted by Gasteiger charge is 2.18. The Labute approximate surface area is 121 Å². The molecule has 1 fully saturated rings. The standard InChI is InChI=1S/C14H24N4S/c1-11(2)17(10-14(15)19)9-12-7-8-18(16-12)13-5-3-4-6-13/h7-8,11,13H,3-6,9-10H2,1-2H3,(H2,15,19). The largest absolute Gasteiger partial charge is 0.392 e. The molecule has 1 aromatic rings. The third-order valence-electron chi connectivity index (χ3n) is 3.82. The molecule has 1 saturated carbocycles. The molecule has 0 aromatic carbocycles. The van der Waals surface area contributed by atoms with Crippen molar-refractivity contribution in [2.75, 3.05) is 6.54 Å². The highest BCUT2D eigenvalue weighted by atomic mass is 32.1. The lowest BCUT2D eigenvalue weighted by Gasteiger charge is -2.24. The fourth-order valence-corrected chi connectivity index (χ4v) is 2.83. The van der Waals surface area contributed by atoms with Gasteiger partial charge in [0.2, 0.25) is 0 Å². The van der Waals surface area contributed by atoms with Gasteiger partial charge in [0.15, 0.2) is 0 Å². The van der Waals surface area contributed by atoms with Crippen LogP contribution in [0.1, 0.15) is 51.3 Å². The Kier molecular flexibility index (Phi) is 4.93. The van der Waals surface area contributed by atoms with Crippen LogP contribution in [0.4, 0.5) is 0 Å². The molecule has 0 unspecified atom stereocenters. The summed E-state index contributed by atoms with van der Waals surface area (Å²) in [6.45, 7) is 5.79. The van der Waals surface area contributed by atoms with Crippen LogP contribution >= 0.6 is 12.2 Å². The summed E-state index contributed by atoms with van der Waals surface area (Å²) in [6, 6.07) is 3.14. The Bertz CT molecular complexity index is 421. The van der Waals surface area contributed by atoms with E-state index in [1.54, 1.807) is 0 Å². The van der Waals surface area contributed by atoms with E-state index in [0.29, 0.717) is 23.6 Å². The number of thiocarbonyl (C=S) groups is 1. The summed E-state index contributed by atoms with van der Waals surface area (Å²) in [5.41, 5.74) is 6.76. The van der Waals surface area contributed by atoms with Crippen molar-refractivity contribution < 1.29 is 0 Å². The zero-order valence-electron chi connectivity index (χ0n) is 11.9. The number of nitrogens with two attached hydrogens (primary N) is 1. The van der Waals surface area contributed by atoms with E-state index < -0.39 is 0 Å². The molecule has 1 aromatic heterocycles. The van der Waals surface area contributed by atoms with Crippen LogP contribution in [-0.2, 0) is 6.54 Å². The van der Waals surface area contributed by atoms with Crippen LogP contribution in [0.3, 0.4) is 0 Å². The van der Waals surface area contributed by atoms with Crippen molar-refractivity contribution in [1.29, 1.82) is 0 Å². The molecule has 0 radical (unpaired) electrons. The lowest BCUT2D eigenvalue weighted by Crippen LogP contribution is -2.37. The van der Waals surface area contributed by atoms with Gasteiger partial charge < -0.3 is 5.73 Å². The minimum Gasteiger partial charge on any atom is -0.392 e. The fourth-order valence-electron chi connectivity index (χ4n) is 2.66. The molecule has 0 spiro atoms. The molecule has 0 bridgehead atoms. The van der Waals surface area contributed by atoms with Crippen molar-refractivity contribution in [3.8, 4) is 0 Å². The normalized spacial score (nSPS) is 16.6. The summed E-state index contributed by atoms with van der Waals surface area (Å²) in [7, 11) is 0. The Morgan fingerprint density at radius 3 is 2.79 bits per heavy atom. The van der Waals surface area contributed by atoms with Crippen molar-refractivity contribution in [3.63, 3.8) is 0 Å². The lowest BCUT2D eigenvalue weighted by molar-refractivity contribution is 0.241. The van der Waals surface area contributed by atoms with Crippen LogP contribution < -0.4 is 5.73 Å². The van der Waals surface area contributed by atoms with Crippen LogP contribution in [0.15, 0.2) is 12.3 Å². The number of aromatic nitrogens is 2. The highest BCUT2D eigenvalue weighted by Crippen LogP contribution is 2.28. The number of hydrogen-bond acceptors (Lipinski definition) is 3. The first-order valence-corrected chi connectivity index (χ1v) is 7.53. The molecule has 0 atom stereocenters. The molecule has 1 heterocycles. The summed E-state index contributed by atoms with van der Waals surface area (Å²) in [5.74, 6) is 0. The number of nitrogens with zero attached hydrogens (tertiary/aromatic N) is 3. The van der Waals surface area contributed by atoms with Gasteiger partial charge in [-0.1, -0.05) is 25.1 Å². The van der Waals surface area contributed by atoms with Gasteiger partial charge in [0, 0.05) is 25.3 Å². The summed E-state index contributed by atoms with van der Waals surface area (Å²) >= 11 is 5.01. The fraction of sp³-hybridized carbons (Fsp3) is 0.714. The van der Waals surface area contributed by atoms with Gasteiger partial charge >= 0.3 is 0 Å². The topological polar surface area (TPSA) is 47.1 Å². The predicted molar refractivity (Wildman–Crippen MR) is 82.1 cm³/mol. The van der Waals surface area contributed by atoms with E-state index in [9.17, 15) is 0 Å². The van der Waals surface area contributed by atoms with E-state index in [2.05, 4.69) is 35.7 Å². The van der Waals surface area contributed by atoms with Crippen molar-refractivity contribution in [2.24, 2.45) is 5.73 Å². The minimum atomic E-state index is 0.415. The van der Waals surface area contributed by atoms with Crippen LogP contribution in [0.25, 0.3) is 0 Å². The molecular weight excluding hydrogens is 256 g/mol. The average Bonchev–Trinajstić information content (AvgIpc) is 2.97. The molecule has 0 saturated heterocycles. The smallest absolute Gasteiger partial charge is 0.0870 e. The van der Waals surface area contributed by atoms with Crippen molar-refractivity contribution >= 4 is 17.2 Å². The van der Waals surface area contributed by atoms with Crippen molar-refractivity contribution in [2.45, 2.75) is 58.2 Å². The maximum absolute atomic E-state index is 5.65. The second kappa shape index (κ2) is 6.48. The third kappa shape index (κ3) is 4.01. The maximum Gasteiger partial charge on any atom is 0.0870 e. The van der Waals surface area contributed by atoms with Crippen molar-refractivity contribution in [3.05, 3.63) is 18.0 Å². The zero-order valence-corrected chi connectivity index (χ0v) is 12.7. The lowest BCUT2D eigenvalue weighted by atomic mass is 10.3. The van der Waals surface area contributed by atoms with Gasteiger partial charge in [-0.3, -0.25) is 9.58 Å². The van der Waals surface area contributed by atoms with Crippen LogP contribution in [0.5, 0.6) is 0 Å². The predicted octanol–water partition coefficient (Wildman–Crippen LogP) is 2.49. The third-order valence-corrected chi connectivity index (χ3v) is 3.95. The van der Waals surface area contributed by atoms with Gasteiger partial charge in [0.1, 0.15) is 0 Å². The molecule has 0 aliphatic heterocycles. The van der Waals surface area contributed by atoms with E-state index in [-0.39, 0.29) is 0 Å². The number of hydrogen-bond donors (Lipinski definition) is 1. The van der Waals surface area contributed by atoms with E-state index in [4.69, 9.17) is 23.1 Å². The van der Waals surface area contributed by atoms with Gasteiger partial charge in [-0.05, 0) is 32.8 Å². The van der Waals surface area contributed by atoms with E-state index in [1.807, 2.05) is 0 Å². The van der Waals surface area contributed by atoms with Crippen LogP contribution in [0.2, 0.25) is 0 Å². The molecular formula is C14H24N4S. The Morgan fingerprint density at radius 1 is 1.53 bits per heavy atom. The van der Waals surface area contributed by atoms with Crippen molar-refractivity contribution in [1.82, 2.24) is 14.7 Å². The molecule has 1 aliphatic rings. The highest BCUT2D eigenvalue weighted by molar-refractivity contribution is 7.80. The average molecular weight is 280 g/mol. The van der Waals surface area contributed by atoms with E-state index in [1.165, 1.54) is 25.7 Å². The Balaban J connectivity index is 1.98. The molecule has 1 aliphatic carbocycles. The minimum absolute atomic E-state index is 0.415. The Hall–Kier alpha value is -0.940. The number of rotatable bonds is 6. The summed E-state index contributed by atoms with van der Waals surface area (Å²) < 4.78 is 2.14. The second-order valence-electron chi connectivity index (χ2n) is 5.69. The molecule has 2 rings (SSSR count). The monoisotopic (exact) mass is 280 g/mol. The molecule has 0 amide bonds. The SMILES string of the molecule is CC(C)N(CC(N)=S)Cc1ccn(C2CCCC2)n1. The quantitative estimate of drug-likeness (QED) is 0.813. The van der Waals surface area contributed by atoms with Gasteiger partial charge in [-0.25, -0.2) is 0 Å². The zero-order chi connectivity index (χ0) is 13.8. The van der Waals surface area contributed by atoms with Gasteiger partial charge in [0.25, 0.3) is 0 Å².